The molecule has 0 aliphatic carbocycles. The molecule has 0 saturated carbocycles. The number of H-pyrrole nitrogens is 2. The van der Waals surface area contributed by atoms with Gasteiger partial charge >= 0.3 is 5.69 Å². The van der Waals surface area contributed by atoms with Crippen LogP contribution >= 0.6 is 0 Å². The van der Waals surface area contributed by atoms with Gasteiger partial charge in [0, 0.05) is 11.4 Å². The molecule has 0 aliphatic heterocycles. The van der Waals surface area contributed by atoms with Gasteiger partial charge < -0.3 is 10.3 Å². The summed E-state index contributed by atoms with van der Waals surface area (Å²) in [4.78, 5) is 21.0. The first kappa shape index (κ1) is 10.6. The van der Waals surface area contributed by atoms with Gasteiger partial charge in [0.2, 0.25) is 0 Å². The molecule has 0 atom stereocenters. The van der Waals surface area contributed by atoms with Crippen molar-refractivity contribution in [1.29, 1.82) is 0 Å². The van der Waals surface area contributed by atoms with Crippen molar-refractivity contribution >= 4 is 22.5 Å². The number of nitrogens with zero attached hydrogens (tertiary/aromatic N) is 1. The Morgan fingerprint density at radius 3 is 2.72 bits per heavy atom. The molecular formula is C13H12N4O. The summed E-state index contributed by atoms with van der Waals surface area (Å²) in [6.45, 7) is 1.89. The van der Waals surface area contributed by atoms with Crippen LogP contribution in [0.4, 0.5) is 11.4 Å². The Morgan fingerprint density at radius 1 is 1.17 bits per heavy atom. The second-order valence-corrected chi connectivity index (χ2v) is 4.10. The first-order valence-corrected chi connectivity index (χ1v) is 5.64. The zero-order valence-electron chi connectivity index (χ0n) is 9.82. The molecule has 2 aromatic heterocycles. The van der Waals surface area contributed by atoms with Crippen molar-refractivity contribution in [3.8, 4) is 0 Å². The van der Waals surface area contributed by atoms with E-state index in [9.17, 15) is 4.79 Å². The zero-order chi connectivity index (χ0) is 12.5. The molecule has 0 aliphatic rings. The number of hydrogen-bond donors (Lipinski definition) is 3. The Kier molecular flexibility index (Phi) is 2.37. The average molecular weight is 240 g/mol. The lowest BCUT2D eigenvalue weighted by Crippen LogP contribution is -1.99. The quantitative estimate of drug-likeness (QED) is 0.643. The van der Waals surface area contributed by atoms with Crippen molar-refractivity contribution in [2.24, 2.45) is 0 Å². The number of aromatic amines is 2. The van der Waals surface area contributed by atoms with Crippen molar-refractivity contribution in [1.82, 2.24) is 15.0 Å². The predicted octanol–water partition coefficient (Wildman–Crippen LogP) is 2.30. The fraction of sp³-hybridized carbons (Fsp3) is 0.0769. The Labute approximate surface area is 103 Å². The standard InChI is InChI=1S/C13H12N4O/c1-8-7-10(15-9-5-3-2-4-6-9)11-12(14-8)17-13(18)16-11/h2-7H,1H3,(H3,14,15,16,17,18). The highest BCUT2D eigenvalue weighted by Gasteiger charge is 2.07. The summed E-state index contributed by atoms with van der Waals surface area (Å²) in [7, 11) is 0. The van der Waals surface area contributed by atoms with Crippen LogP contribution in [0.15, 0.2) is 41.2 Å². The molecule has 0 bridgehead atoms. The number of pyridine rings is 1. The van der Waals surface area contributed by atoms with Gasteiger partial charge in [-0.15, -0.1) is 0 Å². The van der Waals surface area contributed by atoms with E-state index in [1.165, 1.54) is 0 Å². The third-order valence-electron chi connectivity index (χ3n) is 2.67. The predicted molar refractivity (Wildman–Crippen MR) is 71.2 cm³/mol. The lowest BCUT2D eigenvalue weighted by molar-refractivity contribution is 1.18. The number of benzene rings is 1. The van der Waals surface area contributed by atoms with Gasteiger partial charge in [-0.25, -0.2) is 9.78 Å². The molecule has 0 amide bonds. The van der Waals surface area contributed by atoms with Crippen molar-refractivity contribution in [3.63, 3.8) is 0 Å². The van der Waals surface area contributed by atoms with Crippen molar-refractivity contribution < 1.29 is 0 Å². The van der Waals surface area contributed by atoms with Crippen LogP contribution in [0.25, 0.3) is 11.2 Å². The molecule has 0 unspecified atom stereocenters. The molecule has 5 heteroatoms. The van der Waals surface area contributed by atoms with E-state index in [1.807, 2.05) is 43.3 Å². The van der Waals surface area contributed by atoms with Crippen LogP contribution in [0.2, 0.25) is 0 Å². The lowest BCUT2D eigenvalue weighted by Gasteiger charge is -2.07. The van der Waals surface area contributed by atoms with E-state index in [0.29, 0.717) is 11.2 Å². The van der Waals surface area contributed by atoms with Gasteiger partial charge in [-0.2, -0.15) is 0 Å². The van der Waals surface area contributed by atoms with Gasteiger partial charge in [-0.1, -0.05) is 18.2 Å². The molecule has 1 aromatic carbocycles. The molecule has 3 rings (SSSR count). The summed E-state index contributed by atoms with van der Waals surface area (Å²) < 4.78 is 0. The van der Waals surface area contributed by atoms with E-state index < -0.39 is 0 Å². The first-order valence-electron chi connectivity index (χ1n) is 5.64. The van der Waals surface area contributed by atoms with Crippen LogP contribution in [0, 0.1) is 6.92 Å². The van der Waals surface area contributed by atoms with Crippen LogP contribution in [0.3, 0.4) is 0 Å². The van der Waals surface area contributed by atoms with E-state index in [2.05, 4.69) is 20.3 Å². The minimum Gasteiger partial charge on any atom is -0.354 e. The molecule has 3 N–H and O–H groups in total. The molecule has 0 spiro atoms. The second-order valence-electron chi connectivity index (χ2n) is 4.10. The molecule has 0 fully saturated rings. The first-order chi connectivity index (χ1) is 8.72. The van der Waals surface area contributed by atoms with Gasteiger partial charge in [0.15, 0.2) is 5.65 Å². The second kappa shape index (κ2) is 4.03. The maximum atomic E-state index is 11.3. The van der Waals surface area contributed by atoms with Crippen LogP contribution < -0.4 is 11.0 Å². The average Bonchev–Trinajstić information content (AvgIpc) is 2.71. The number of aromatic nitrogens is 3. The van der Waals surface area contributed by atoms with Gasteiger partial charge in [-0.05, 0) is 25.1 Å². The number of aryl methyl sites for hydroxylation is 1. The lowest BCUT2D eigenvalue weighted by atomic mass is 10.2. The number of hydrogen-bond acceptors (Lipinski definition) is 3. The fourth-order valence-corrected chi connectivity index (χ4v) is 1.92. The van der Waals surface area contributed by atoms with Gasteiger partial charge in [0.25, 0.3) is 0 Å². The molecule has 5 nitrogen and oxygen atoms in total. The zero-order valence-corrected chi connectivity index (χ0v) is 9.82. The fourth-order valence-electron chi connectivity index (χ4n) is 1.92. The number of fused-ring (bicyclic) bond motifs is 1. The molecule has 3 aromatic rings. The molecule has 0 radical (unpaired) electrons. The smallest absolute Gasteiger partial charge is 0.325 e. The van der Waals surface area contributed by atoms with E-state index >= 15 is 0 Å². The van der Waals surface area contributed by atoms with Gasteiger partial charge in [0.05, 0.1) is 5.69 Å². The SMILES string of the molecule is Cc1cc(Nc2ccccc2)c2[nH]c(=O)[nH]c2n1. The maximum absolute atomic E-state index is 11.3. The summed E-state index contributed by atoms with van der Waals surface area (Å²) in [6.07, 6.45) is 0. The molecular weight excluding hydrogens is 228 g/mol. The largest absolute Gasteiger partial charge is 0.354 e. The van der Waals surface area contributed by atoms with E-state index in [0.717, 1.165) is 17.1 Å². The number of para-hydroxylation sites is 1. The highest BCUT2D eigenvalue weighted by atomic mass is 16.1. The van der Waals surface area contributed by atoms with E-state index in [1.54, 1.807) is 0 Å². The van der Waals surface area contributed by atoms with Crippen molar-refractivity contribution in [3.05, 3.63) is 52.6 Å². The molecule has 18 heavy (non-hydrogen) atoms. The minimum atomic E-state index is -0.251. The number of nitrogens with one attached hydrogen (secondary N) is 3. The Hall–Kier alpha value is -2.56. The van der Waals surface area contributed by atoms with Crippen molar-refractivity contribution in [2.75, 3.05) is 5.32 Å². The minimum absolute atomic E-state index is 0.251. The molecule has 90 valence electrons. The third kappa shape index (κ3) is 1.86. The Morgan fingerprint density at radius 2 is 1.94 bits per heavy atom. The highest BCUT2D eigenvalue weighted by molar-refractivity contribution is 5.87. The van der Waals surface area contributed by atoms with Crippen molar-refractivity contribution in [2.45, 2.75) is 6.92 Å². The maximum Gasteiger partial charge on any atom is 0.325 e. The summed E-state index contributed by atoms with van der Waals surface area (Å²) in [5, 5.41) is 3.27. The van der Waals surface area contributed by atoms with E-state index in [-0.39, 0.29) is 5.69 Å². The third-order valence-corrected chi connectivity index (χ3v) is 2.67. The van der Waals surface area contributed by atoms with Crippen LogP contribution in [0.5, 0.6) is 0 Å². The number of anilines is 2. The van der Waals surface area contributed by atoms with Crippen LogP contribution in [0.1, 0.15) is 5.69 Å². The summed E-state index contributed by atoms with van der Waals surface area (Å²) in [6, 6.07) is 11.7. The monoisotopic (exact) mass is 240 g/mol. The van der Waals surface area contributed by atoms with E-state index in [4.69, 9.17) is 0 Å². The summed E-state index contributed by atoms with van der Waals surface area (Å²) in [5.74, 6) is 0. The number of rotatable bonds is 2. The van der Waals surface area contributed by atoms with Gasteiger partial charge in [0.1, 0.15) is 5.52 Å². The molecule has 0 saturated heterocycles. The molecule has 2 heterocycles. The number of imidazole rings is 1. The highest BCUT2D eigenvalue weighted by Crippen LogP contribution is 2.22. The van der Waals surface area contributed by atoms with Crippen LogP contribution in [-0.4, -0.2) is 15.0 Å². The summed E-state index contributed by atoms with van der Waals surface area (Å²) >= 11 is 0. The topological polar surface area (TPSA) is 73.6 Å². The summed E-state index contributed by atoms with van der Waals surface area (Å²) in [5.41, 5.74) is 3.65. The van der Waals surface area contributed by atoms with Gasteiger partial charge in [-0.3, -0.25) is 4.98 Å². The Bertz CT molecular complexity index is 743. The van der Waals surface area contributed by atoms with Crippen LogP contribution in [-0.2, 0) is 0 Å². The normalized spacial score (nSPS) is 10.7. The Balaban J connectivity index is 2.13.